The van der Waals surface area contributed by atoms with Crippen molar-refractivity contribution in [2.24, 2.45) is 5.41 Å². The summed E-state index contributed by atoms with van der Waals surface area (Å²) in [7, 11) is 1.96. The molecule has 0 spiro atoms. The summed E-state index contributed by atoms with van der Waals surface area (Å²) in [6.45, 7) is 5.29. The van der Waals surface area contributed by atoms with Crippen molar-refractivity contribution in [1.82, 2.24) is 20.4 Å². The Bertz CT molecular complexity index is 1060. The predicted molar refractivity (Wildman–Crippen MR) is 115 cm³/mol. The zero-order valence-electron chi connectivity index (χ0n) is 17.3. The second-order valence-corrected chi connectivity index (χ2v) is 8.10. The first-order chi connectivity index (χ1) is 14.5. The number of fused-ring (bicyclic) bond motifs is 1. The molecule has 0 saturated carbocycles. The normalized spacial score (nSPS) is 15.9. The van der Waals surface area contributed by atoms with Crippen LogP contribution in [0.5, 0.6) is 0 Å². The lowest BCUT2D eigenvalue weighted by atomic mass is 9.78. The molecule has 3 N–H and O–H groups in total. The number of amides is 1. The van der Waals surface area contributed by atoms with Crippen molar-refractivity contribution in [1.29, 1.82) is 0 Å². The molecule has 1 aromatic carbocycles. The van der Waals surface area contributed by atoms with Crippen molar-refractivity contribution in [3.63, 3.8) is 0 Å². The monoisotopic (exact) mass is 409 g/mol. The standard InChI is InChI=1S/C22H27N5O3/c1-15-9-20(26-30-15)25-21(29)17-4-3-16-10-18(12-28)27(19(16)11-17)14-22(13-23-2)5-7-24-8-6-22/h3-4,9-12,23-24H,5-8,13-14H2,1-2H3,(H,25,26,29). The fourth-order valence-electron chi connectivity index (χ4n) is 4.36. The van der Waals surface area contributed by atoms with E-state index in [1.807, 2.05) is 25.2 Å². The number of hydrogen-bond acceptors (Lipinski definition) is 6. The van der Waals surface area contributed by atoms with E-state index < -0.39 is 0 Å². The summed E-state index contributed by atoms with van der Waals surface area (Å²) in [5.41, 5.74) is 2.08. The Balaban J connectivity index is 1.68. The highest BCUT2D eigenvalue weighted by molar-refractivity contribution is 6.06. The van der Waals surface area contributed by atoms with E-state index in [9.17, 15) is 9.59 Å². The van der Waals surface area contributed by atoms with Crippen molar-refractivity contribution < 1.29 is 14.1 Å². The maximum atomic E-state index is 12.7. The van der Waals surface area contributed by atoms with Gasteiger partial charge in [-0.1, -0.05) is 11.2 Å². The van der Waals surface area contributed by atoms with Crippen LogP contribution in [0.4, 0.5) is 5.82 Å². The average Bonchev–Trinajstić information content (AvgIpc) is 3.31. The minimum Gasteiger partial charge on any atom is -0.360 e. The molecule has 0 radical (unpaired) electrons. The molecule has 2 aromatic heterocycles. The predicted octanol–water partition coefficient (Wildman–Crippen LogP) is 2.59. The molecule has 3 aromatic rings. The van der Waals surface area contributed by atoms with Crippen LogP contribution in [0.2, 0.25) is 0 Å². The van der Waals surface area contributed by atoms with Gasteiger partial charge < -0.3 is 25.0 Å². The first-order valence-corrected chi connectivity index (χ1v) is 10.2. The van der Waals surface area contributed by atoms with Crippen LogP contribution in [-0.2, 0) is 6.54 Å². The lowest BCUT2D eigenvalue weighted by Gasteiger charge is -2.38. The van der Waals surface area contributed by atoms with E-state index in [4.69, 9.17) is 4.52 Å². The number of aldehydes is 1. The van der Waals surface area contributed by atoms with Crippen LogP contribution in [0, 0.1) is 12.3 Å². The Morgan fingerprint density at radius 3 is 2.77 bits per heavy atom. The summed E-state index contributed by atoms with van der Waals surface area (Å²) in [5, 5.41) is 14.3. The second-order valence-electron chi connectivity index (χ2n) is 8.10. The van der Waals surface area contributed by atoms with Gasteiger partial charge in [-0.05, 0) is 58.1 Å². The smallest absolute Gasteiger partial charge is 0.256 e. The average molecular weight is 409 g/mol. The molecule has 1 saturated heterocycles. The van der Waals surface area contributed by atoms with Gasteiger partial charge in [0.25, 0.3) is 5.91 Å². The number of nitrogens with one attached hydrogen (secondary N) is 3. The Kier molecular flexibility index (Phi) is 5.69. The molecule has 1 aliphatic rings. The Morgan fingerprint density at radius 1 is 1.30 bits per heavy atom. The molecular weight excluding hydrogens is 382 g/mol. The van der Waals surface area contributed by atoms with E-state index in [-0.39, 0.29) is 11.3 Å². The summed E-state index contributed by atoms with van der Waals surface area (Å²) in [6, 6.07) is 9.05. The molecule has 158 valence electrons. The van der Waals surface area contributed by atoms with Crippen LogP contribution >= 0.6 is 0 Å². The highest BCUT2D eigenvalue weighted by atomic mass is 16.5. The number of carbonyl (C=O) groups is 2. The summed E-state index contributed by atoms with van der Waals surface area (Å²) >= 11 is 0. The first kappa shape index (κ1) is 20.3. The van der Waals surface area contributed by atoms with Gasteiger partial charge >= 0.3 is 0 Å². The van der Waals surface area contributed by atoms with Crippen LogP contribution in [0.15, 0.2) is 34.9 Å². The van der Waals surface area contributed by atoms with Gasteiger partial charge in [0.2, 0.25) is 0 Å². The molecule has 1 fully saturated rings. The molecule has 8 nitrogen and oxygen atoms in total. The summed E-state index contributed by atoms with van der Waals surface area (Å²) in [4.78, 5) is 24.5. The summed E-state index contributed by atoms with van der Waals surface area (Å²) in [5.74, 6) is 0.740. The lowest BCUT2D eigenvalue weighted by molar-refractivity contribution is 0.102. The minimum atomic E-state index is -0.266. The largest absolute Gasteiger partial charge is 0.360 e. The van der Waals surface area contributed by atoms with Gasteiger partial charge in [-0.3, -0.25) is 9.59 Å². The minimum absolute atomic E-state index is 0.0558. The lowest BCUT2D eigenvalue weighted by Crippen LogP contribution is -2.45. The number of benzene rings is 1. The first-order valence-electron chi connectivity index (χ1n) is 10.2. The molecule has 0 atom stereocenters. The fraction of sp³-hybridized carbons (Fsp3) is 0.409. The molecule has 0 unspecified atom stereocenters. The van der Waals surface area contributed by atoms with Crippen LogP contribution in [0.1, 0.15) is 39.4 Å². The van der Waals surface area contributed by atoms with Crippen molar-refractivity contribution in [3.8, 4) is 0 Å². The number of anilines is 1. The number of carbonyl (C=O) groups excluding carboxylic acids is 2. The molecule has 0 aliphatic carbocycles. The topological polar surface area (TPSA) is 101 Å². The fourth-order valence-corrected chi connectivity index (χ4v) is 4.36. The number of aryl methyl sites for hydroxylation is 1. The SMILES string of the molecule is CNCC1(Cn2c(C=O)cc3ccc(C(=O)Nc4cc(C)on4)cc32)CCNCC1. The third-order valence-electron chi connectivity index (χ3n) is 5.90. The Morgan fingerprint density at radius 2 is 2.10 bits per heavy atom. The van der Waals surface area contributed by atoms with Crippen molar-refractivity contribution in [2.45, 2.75) is 26.3 Å². The molecule has 30 heavy (non-hydrogen) atoms. The molecule has 4 rings (SSSR count). The highest BCUT2D eigenvalue weighted by Gasteiger charge is 2.33. The van der Waals surface area contributed by atoms with Gasteiger partial charge in [-0.25, -0.2) is 0 Å². The second kappa shape index (κ2) is 8.41. The highest BCUT2D eigenvalue weighted by Crippen LogP contribution is 2.33. The molecule has 3 heterocycles. The van der Waals surface area contributed by atoms with Gasteiger partial charge in [0.1, 0.15) is 5.76 Å². The summed E-state index contributed by atoms with van der Waals surface area (Å²) in [6.07, 6.45) is 2.95. The third kappa shape index (κ3) is 4.01. The van der Waals surface area contributed by atoms with Crippen LogP contribution in [0.25, 0.3) is 10.9 Å². The molecule has 8 heteroatoms. The van der Waals surface area contributed by atoms with Crippen molar-refractivity contribution in [2.75, 3.05) is 32.0 Å². The van der Waals surface area contributed by atoms with E-state index in [1.54, 1.807) is 19.1 Å². The van der Waals surface area contributed by atoms with Gasteiger partial charge in [-0.2, -0.15) is 0 Å². The van der Waals surface area contributed by atoms with E-state index in [0.29, 0.717) is 22.8 Å². The number of rotatable bonds is 7. The zero-order chi connectivity index (χ0) is 21.1. The van der Waals surface area contributed by atoms with Crippen LogP contribution in [0.3, 0.4) is 0 Å². The Hall–Kier alpha value is -2.97. The third-order valence-corrected chi connectivity index (χ3v) is 5.90. The zero-order valence-corrected chi connectivity index (χ0v) is 17.3. The van der Waals surface area contributed by atoms with Gasteiger partial charge in [-0.15, -0.1) is 0 Å². The van der Waals surface area contributed by atoms with Crippen LogP contribution < -0.4 is 16.0 Å². The summed E-state index contributed by atoms with van der Waals surface area (Å²) < 4.78 is 7.07. The van der Waals surface area contributed by atoms with E-state index in [0.717, 1.165) is 56.2 Å². The van der Waals surface area contributed by atoms with Crippen molar-refractivity contribution in [3.05, 3.63) is 47.3 Å². The molecule has 1 amide bonds. The quantitative estimate of drug-likeness (QED) is 0.519. The van der Waals surface area contributed by atoms with Gasteiger partial charge in [0, 0.05) is 41.0 Å². The molecule has 1 aliphatic heterocycles. The van der Waals surface area contributed by atoms with Crippen LogP contribution in [-0.4, -0.2) is 48.6 Å². The number of nitrogens with zero attached hydrogens (tertiary/aromatic N) is 2. The van der Waals surface area contributed by atoms with E-state index in [1.165, 1.54) is 0 Å². The molecular formula is C22H27N5O3. The number of hydrogen-bond donors (Lipinski definition) is 3. The van der Waals surface area contributed by atoms with Gasteiger partial charge in [0.15, 0.2) is 12.1 Å². The van der Waals surface area contributed by atoms with Gasteiger partial charge in [0.05, 0.1) is 5.69 Å². The van der Waals surface area contributed by atoms with E-state index >= 15 is 0 Å². The maximum Gasteiger partial charge on any atom is 0.256 e. The maximum absolute atomic E-state index is 12.7. The number of piperidine rings is 1. The van der Waals surface area contributed by atoms with Crippen molar-refractivity contribution >= 4 is 28.9 Å². The number of aromatic nitrogens is 2. The molecule has 0 bridgehead atoms. The Labute approximate surface area is 175 Å². The van der Waals surface area contributed by atoms with E-state index in [2.05, 4.69) is 25.7 Å².